The molecule has 1 aromatic carbocycles. The van der Waals surface area contributed by atoms with Gasteiger partial charge in [-0.3, -0.25) is 24.1 Å². The first-order valence-electron chi connectivity index (χ1n) is 9.50. The Kier molecular flexibility index (Phi) is 6.42. The summed E-state index contributed by atoms with van der Waals surface area (Å²) < 4.78 is 9.28. The molecule has 0 saturated heterocycles. The molecule has 0 bridgehead atoms. The fraction of sp³-hybridized carbons (Fsp3) is 0.368. The third-order valence-electron chi connectivity index (χ3n) is 4.83. The number of hydrazine groups is 1. The number of aromatic nitrogens is 4. The molecule has 0 unspecified atom stereocenters. The molecule has 0 aliphatic rings. The Morgan fingerprint density at radius 1 is 1.26 bits per heavy atom. The molecule has 5 N–H and O–H groups in total. The molecule has 31 heavy (non-hydrogen) atoms. The fourth-order valence-corrected chi connectivity index (χ4v) is 3.14. The highest BCUT2D eigenvalue weighted by Crippen LogP contribution is 2.18. The lowest BCUT2D eigenvalue weighted by atomic mass is 10.2. The first-order valence-corrected chi connectivity index (χ1v) is 9.50. The number of aliphatic hydroxyl groups excluding tert-OH is 1. The van der Waals surface area contributed by atoms with Crippen molar-refractivity contribution in [2.75, 3.05) is 18.5 Å². The number of hydrogen-bond acceptors (Lipinski definition) is 8. The van der Waals surface area contributed by atoms with Crippen LogP contribution in [-0.2, 0) is 25.4 Å². The molecule has 166 valence electrons. The summed E-state index contributed by atoms with van der Waals surface area (Å²) in [6.07, 6.45) is -1.01. The maximum Gasteiger partial charge on any atom is 0.332 e. The van der Waals surface area contributed by atoms with Gasteiger partial charge in [0.05, 0.1) is 13.1 Å². The summed E-state index contributed by atoms with van der Waals surface area (Å²) in [7, 11) is 2.84. The Morgan fingerprint density at radius 2 is 1.97 bits per heavy atom. The normalized spacial score (nSPS) is 12.0. The van der Waals surface area contributed by atoms with Gasteiger partial charge in [0.2, 0.25) is 5.95 Å². The Labute approximate surface area is 176 Å². The third-order valence-corrected chi connectivity index (χ3v) is 4.83. The van der Waals surface area contributed by atoms with Crippen LogP contribution in [0.1, 0.15) is 5.56 Å². The topological polar surface area (TPSA) is 158 Å². The van der Waals surface area contributed by atoms with Crippen molar-refractivity contribution in [3.05, 3.63) is 50.7 Å². The average Bonchev–Trinajstić information content (AvgIpc) is 3.12. The summed E-state index contributed by atoms with van der Waals surface area (Å²) in [5.41, 5.74) is 2.01. The molecule has 1 atom stereocenters. The number of imidazole rings is 1. The summed E-state index contributed by atoms with van der Waals surface area (Å²) in [5, 5.41) is 13.4. The van der Waals surface area contributed by atoms with E-state index in [9.17, 15) is 19.5 Å². The van der Waals surface area contributed by atoms with E-state index in [1.165, 1.54) is 23.2 Å². The van der Waals surface area contributed by atoms with Crippen LogP contribution in [0.25, 0.3) is 11.2 Å². The van der Waals surface area contributed by atoms with Crippen molar-refractivity contribution in [1.29, 1.82) is 0 Å². The van der Waals surface area contributed by atoms with Crippen LogP contribution in [0, 0.1) is 6.92 Å². The number of rotatable bonds is 8. The highest BCUT2D eigenvalue weighted by atomic mass is 16.5. The van der Waals surface area contributed by atoms with Gasteiger partial charge in [-0.2, -0.15) is 4.98 Å². The van der Waals surface area contributed by atoms with E-state index >= 15 is 0 Å². The Hall–Kier alpha value is -3.64. The first kappa shape index (κ1) is 22.1. The number of nitrogens with one attached hydrogen (secondary N) is 2. The van der Waals surface area contributed by atoms with Crippen LogP contribution in [-0.4, -0.2) is 49.0 Å². The number of aliphatic hydroxyl groups is 1. The number of amides is 1. The van der Waals surface area contributed by atoms with Crippen molar-refractivity contribution in [1.82, 2.24) is 24.1 Å². The quantitative estimate of drug-likeness (QED) is 0.192. The molecule has 0 spiro atoms. The van der Waals surface area contributed by atoms with E-state index in [2.05, 4.69) is 10.3 Å². The van der Waals surface area contributed by atoms with E-state index in [1.54, 1.807) is 6.07 Å². The molecule has 2 heterocycles. The van der Waals surface area contributed by atoms with Gasteiger partial charge in [0, 0.05) is 14.1 Å². The van der Waals surface area contributed by atoms with Crippen molar-refractivity contribution in [2.24, 2.45) is 19.9 Å². The molecule has 12 heteroatoms. The van der Waals surface area contributed by atoms with Gasteiger partial charge >= 0.3 is 5.69 Å². The van der Waals surface area contributed by atoms with E-state index in [0.717, 1.165) is 10.1 Å². The number of carbonyl (C=O) groups excluding carboxylic acids is 1. The number of aryl methyl sites for hydroxylation is 2. The number of para-hydroxylation sites is 1. The number of nitrogens with zero attached hydrogens (tertiary/aromatic N) is 4. The van der Waals surface area contributed by atoms with Crippen LogP contribution in [0.5, 0.6) is 5.75 Å². The minimum atomic E-state index is -1.01. The van der Waals surface area contributed by atoms with Gasteiger partial charge in [-0.1, -0.05) is 18.2 Å². The molecule has 0 radical (unpaired) electrons. The van der Waals surface area contributed by atoms with Crippen LogP contribution < -0.4 is 32.6 Å². The predicted molar refractivity (Wildman–Crippen MR) is 114 cm³/mol. The largest absolute Gasteiger partial charge is 0.491 e. The minimum Gasteiger partial charge on any atom is -0.491 e. The van der Waals surface area contributed by atoms with E-state index in [4.69, 9.17) is 10.6 Å². The van der Waals surface area contributed by atoms with Crippen LogP contribution in [0.4, 0.5) is 5.95 Å². The predicted octanol–water partition coefficient (Wildman–Crippen LogP) is -1.42. The SMILES string of the molecule is Cc1ccccc1OC[C@H](O)Cn1c(NCC(=O)NN)nc2c1c(=O)n(C)c(=O)n2C. The number of nitrogens with two attached hydrogens (primary N) is 1. The van der Waals surface area contributed by atoms with E-state index in [1.807, 2.05) is 30.5 Å². The molecule has 0 aliphatic heterocycles. The number of anilines is 1. The summed E-state index contributed by atoms with van der Waals surface area (Å²) in [6.45, 7) is 1.56. The van der Waals surface area contributed by atoms with Gasteiger partial charge in [0.25, 0.3) is 11.5 Å². The highest BCUT2D eigenvalue weighted by Gasteiger charge is 2.21. The molecule has 3 aromatic rings. The van der Waals surface area contributed by atoms with Crippen LogP contribution in [0.15, 0.2) is 33.9 Å². The second-order valence-corrected chi connectivity index (χ2v) is 7.08. The molecule has 12 nitrogen and oxygen atoms in total. The van der Waals surface area contributed by atoms with Gasteiger partial charge < -0.3 is 19.7 Å². The minimum absolute atomic E-state index is 0.0423. The van der Waals surface area contributed by atoms with Crippen LogP contribution >= 0.6 is 0 Å². The second kappa shape index (κ2) is 9.02. The van der Waals surface area contributed by atoms with Gasteiger partial charge in [0.15, 0.2) is 11.2 Å². The average molecular weight is 431 g/mol. The Morgan fingerprint density at radius 3 is 2.65 bits per heavy atom. The zero-order chi connectivity index (χ0) is 22.7. The lowest BCUT2D eigenvalue weighted by molar-refractivity contribution is -0.119. The molecule has 3 rings (SSSR count). The van der Waals surface area contributed by atoms with Gasteiger partial charge in [-0.25, -0.2) is 10.6 Å². The highest BCUT2D eigenvalue weighted by molar-refractivity contribution is 5.81. The van der Waals surface area contributed by atoms with E-state index < -0.39 is 23.3 Å². The Bertz CT molecular complexity index is 1230. The summed E-state index contributed by atoms with van der Waals surface area (Å²) in [5.74, 6) is 5.36. The second-order valence-electron chi connectivity index (χ2n) is 7.08. The standard InChI is InChI=1S/C19H25N7O5/c1-11-6-4-5-7-13(11)31-10-12(27)9-26-15-16(22-18(26)21-8-14(28)23-20)24(2)19(30)25(3)17(15)29/h4-7,12,27H,8-10,20H2,1-3H3,(H,21,22)(H,23,28)/t12-/m1/s1. The van der Waals surface area contributed by atoms with Crippen molar-refractivity contribution in [3.63, 3.8) is 0 Å². The fourth-order valence-electron chi connectivity index (χ4n) is 3.14. The van der Waals surface area contributed by atoms with Crippen molar-refractivity contribution < 1.29 is 14.6 Å². The molecular formula is C19H25N7O5. The maximum absolute atomic E-state index is 12.8. The van der Waals surface area contributed by atoms with Crippen LogP contribution in [0.3, 0.4) is 0 Å². The molecule has 2 aromatic heterocycles. The molecular weight excluding hydrogens is 406 g/mol. The van der Waals surface area contributed by atoms with Crippen molar-refractivity contribution in [3.8, 4) is 5.75 Å². The van der Waals surface area contributed by atoms with E-state index in [-0.39, 0.29) is 36.8 Å². The molecule has 0 fully saturated rings. The Balaban J connectivity index is 1.96. The number of benzene rings is 1. The van der Waals surface area contributed by atoms with Gasteiger partial charge in [-0.05, 0) is 18.6 Å². The van der Waals surface area contributed by atoms with Gasteiger partial charge in [-0.15, -0.1) is 0 Å². The van der Waals surface area contributed by atoms with Crippen LogP contribution in [0.2, 0.25) is 0 Å². The zero-order valence-electron chi connectivity index (χ0n) is 17.5. The molecule has 1 amide bonds. The summed E-state index contributed by atoms with van der Waals surface area (Å²) >= 11 is 0. The molecule has 0 aliphatic carbocycles. The molecule has 0 saturated carbocycles. The summed E-state index contributed by atoms with van der Waals surface area (Å²) in [6, 6.07) is 7.39. The lowest BCUT2D eigenvalue weighted by Gasteiger charge is -2.16. The number of fused-ring (bicyclic) bond motifs is 1. The monoisotopic (exact) mass is 431 g/mol. The summed E-state index contributed by atoms with van der Waals surface area (Å²) in [4.78, 5) is 40.9. The van der Waals surface area contributed by atoms with E-state index in [0.29, 0.717) is 5.75 Å². The maximum atomic E-state index is 12.8. The van der Waals surface area contributed by atoms with Gasteiger partial charge in [0.1, 0.15) is 18.5 Å². The number of ether oxygens (including phenoxy) is 1. The van der Waals surface area contributed by atoms with Crippen molar-refractivity contribution >= 4 is 23.0 Å². The number of carbonyl (C=O) groups is 1. The van der Waals surface area contributed by atoms with Crippen molar-refractivity contribution in [2.45, 2.75) is 19.6 Å². The first-order chi connectivity index (χ1) is 14.7. The smallest absolute Gasteiger partial charge is 0.332 e. The lowest BCUT2D eigenvalue weighted by Crippen LogP contribution is -2.38. The number of hydrogen-bond donors (Lipinski definition) is 4. The zero-order valence-corrected chi connectivity index (χ0v) is 17.5. The third kappa shape index (κ3) is 4.44.